The van der Waals surface area contributed by atoms with Gasteiger partial charge in [-0.1, -0.05) is 12.5 Å². The summed E-state index contributed by atoms with van der Waals surface area (Å²) in [4.78, 5) is 14.8. The number of rotatable bonds is 3. The van der Waals surface area contributed by atoms with Crippen LogP contribution in [0.5, 0.6) is 0 Å². The highest BCUT2D eigenvalue weighted by atomic mass is 32.2. The standard InChI is InChI=1S/C19H25N3O3S/c1-15-5-6-17(26(24,25)22-9-3-2-4-10-22)13-18(15)19(23)21-11-7-16(14-20)8-12-21/h5-6,13,16H,2-4,7-12H2,1H3. The smallest absolute Gasteiger partial charge is 0.254 e. The van der Waals surface area contributed by atoms with Crippen LogP contribution in [0.1, 0.15) is 48.0 Å². The topological polar surface area (TPSA) is 81.5 Å². The first kappa shape index (κ1) is 18.9. The number of carbonyl (C=O) groups excluding carboxylic acids is 1. The van der Waals surface area contributed by atoms with Gasteiger partial charge in [0.2, 0.25) is 10.0 Å². The van der Waals surface area contributed by atoms with Crippen molar-refractivity contribution in [2.24, 2.45) is 5.92 Å². The second kappa shape index (κ2) is 7.77. The summed E-state index contributed by atoms with van der Waals surface area (Å²) in [6.07, 6.45) is 4.16. The molecule has 0 spiro atoms. The number of nitriles is 1. The maximum absolute atomic E-state index is 12.9. The molecule has 0 radical (unpaired) electrons. The van der Waals surface area contributed by atoms with Crippen LogP contribution in [0.25, 0.3) is 0 Å². The highest BCUT2D eigenvalue weighted by Gasteiger charge is 2.29. The van der Waals surface area contributed by atoms with Crippen LogP contribution in [0.4, 0.5) is 0 Å². The van der Waals surface area contributed by atoms with E-state index in [2.05, 4.69) is 6.07 Å². The molecule has 2 aliphatic heterocycles. The molecular weight excluding hydrogens is 350 g/mol. The Bertz CT molecular complexity index is 815. The van der Waals surface area contributed by atoms with Gasteiger partial charge in [-0.05, 0) is 50.3 Å². The molecule has 0 atom stereocenters. The lowest BCUT2D eigenvalue weighted by Gasteiger charge is -2.30. The van der Waals surface area contributed by atoms with Gasteiger partial charge in [0.25, 0.3) is 5.91 Å². The SMILES string of the molecule is Cc1ccc(S(=O)(=O)N2CCCCC2)cc1C(=O)N1CCC(C#N)CC1. The van der Waals surface area contributed by atoms with E-state index in [1.807, 2.05) is 6.92 Å². The Morgan fingerprint density at radius 1 is 1.12 bits per heavy atom. The second-order valence-corrected chi connectivity index (χ2v) is 9.07. The van der Waals surface area contributed by atoms with Crippen LogP contribution in [0, 0.1) is 24.2 Å². The summed E-state index contributed by atoms with van der Waals surface area (Å²) in [5.41, 5.74) is 1.22. The Morgan fingerprint density at radius 2 is 1.77 bits per heavy atom. The van der Waals surface area contributed by atoms with E-state index in [1.165, 1.54) is 10.4 Å². The number of hydrogen-bond donors (Lipinski definition) is 0. The van der Waals surface area contributed by atoms with E-state index in [1.54, 1.807) is 17.0 Å². The Balaban J connectivity index is 1.84. The van der Waals surface area contributed by atoms with E-state index in [0.29, 0.717) is 44.6 Å². The Hall–Kier alpha value is -1.91. The second-order valence-electron chi connectivity index (χ2n) is 7.14. The third-order valence-electron chi connectivity index (χ3n) is 5.36. The summed E-state index contributed by atoms with van der Waals surface area (Å²) in [6.45, 7) is 3.99. The van der Waals surface area contributed by atoms with Gasteiger partial charge in [-0.3, -0.25) is 4.79 Å². The predicted molar refractivity (Wildman–Crippen MR) is 98.0 cm³/mol. The molecule has 0 aliphatic carbocycles. The molecule has 0 aromatic heterocycles. The number of hydrogen-bond acceptors (Lipinski definition) is 4. The molecule has 1 amide bonds. The van der Waals surface area contributed by atoms with Crippen LogP contribution in [0.3, 0.4) is 0 Å². The maximum atomic E-state index is 12.9. The van der Waals surface area contributed by atoms with Crippen molar-refractivity contribution < 1.29 is 13.2 Å². The van der Waals surface area contributed by atoms with Crippen molar-refractivity contribution >= 4 is 15.9 Å². The van der Waals surface area contributed by atoms with Crippen LogP contribution >= 0.6 is 0 Å². The van der Waals surface area contributed by atoms with Crippen molar-refractivity contribution in [3.05, 3.63) is 29.3 Å². The molecule has 2 heterocycles. The van der Waals surface area contributed by atoms with E-state index in [0.717, 1.165) is 24.8 Å². The van der Waals surface area contributed by atoms with Crippen LogP contribution in [0.15, 0.2) is 23.1 Å². The Labute approximate surface area is 155 Å². The molecule has 7 heteroatoms. The number of aryl methyl sites for hydroxylation is 1. The number of sulfonamides is 1. The summed E-state index contributed by atoms with van der Waals surface area (Å²) in [5.74, 6) is -0.138. The number of carbonyl (C=O) groups is 1. The number of nitrogens with zero attached hydrogens (tertiary/aromatic N) is 3. The van der Waals surface area contributed by atoms with Gasteiger partial charge < -0.3 is 4.90 Å². The first-order valence-electron chi connectivity index (χ1n) is 9.23. The molecule has 0 unspecified atom stereocenters. The monoisotopic (exact) mass is 375 g/mol. The maximum Gasteiger partial charge on any atom is 0.254 e. The zero-order chi connectivity index (χ0) is 18.7. The highest BCUT2D eigenvalue weighted by molar-refractivity contribution is 7.89. The lowest BCUT2D eigenvalue weighted by molar-refractivity contribution is 0.0706. The number of amides is 1. The van der Waals surface area contributed by atoms with Gasteiger partial charge in [0, 0.05) is 37.7 Å². The fourth-order valence-electron chi connectivity index (χ4n) is 3.63. The van der Waals surface area contributed by atoms with E-state index >= 15 is 0 Å². The van der Waals surface area contributed by atoms with E-state index < -0.39 is 10.0 Å². The molecule has 1 aromatic rings. The Morgan fingerprint density at radius 3 is 2.38 bits per heavy atom. The van der Waals surface area contributed by atoms with Crippen LogP contribution in [-0.4, -0.2) is 49.7 Å². The van der Waals surface area contributed by atoms with Gasteiger partial charge in [0.1, 0.15) is 0 Å². The summed E-state index contributed by atoms with van der Waals surface area (Å²) < 4.78 is 27.3. The lowest BCUT2D eigenvalue weighted by Crippen LogP contribution is -2.39. The minimum absolute atomic E-state index is 0.00552. The molecular formula is C19H25N3O3S. The van der Waals surface area contributed by atoms with Crippen molar-refractivity contribution in [3.63, 3.8) is 0 Å². The van der Waals surface area contributed by atoms with Gasteiger partial charge in [0.15, 0.2) is 0 Å². The molecule has 1 aromatic carbocycles. The first-order valence-corrected chi connectivity index (χ1v) is 10.7. The third-order valence-corrected chi connectivity index (χ3v) is 7.25. The number of benzene rings is 1. The van der Waals surface area contributed by atoms with Crippen molar-refractivity contribution in [1.82, 2.24) is 9.21 Å². The molecule has 0 saturated carbocycles. The number of piperidine rings is 2. The van der Waals surface area contributed by atoms with Gasteiger partial charge in [0.05, 0.1) is 11.0 Å². The van der Waals surface area contributed by atoms with Crippen molar-refractivity contribution in [2.75, 3.05) is 26.2 Å². The summed E-state index contributed by atoms with van der Waals surface area (Å²) in [6, 6.07) is 7.09. The molecule has 2 saturated heterocycles. The fourth-order valence-corrected chi connectivity index (χ4v) is 5.17. The highest BCUT2D eigenvalue weighted by Crippen LogP contribution is 2.25. The molecule has 26 heavy (non-hydrogen) atoms. The van der Waals surface area contributed by atoms with Gasteiger partial charge >= 0.3 is 0 Å². The lowest BCUT2D eigenvalue weighted by atomic mass is 9.97. The molecule has 140 valence electrons. The number of likely N-dealkylation sites (tertiary alicyclic amines) is 1. The zero-order valence-electron chi connectivity index (χ0n) is 15.1. The van der Waals surface area contributed by atoms with Crippen molar-refractivity contribution in [2.45, 2.75) is 43.9 Å². The largest absolute Gasteiger partial charge is 0.339 e. The normalized spacial score (nSPS) is 19.9. The van der Waals surface area contributed by atoms with Crippen LogP contribution in [-0.2, 0) is 10.0 Å². The van der Waals surface area contributed by atoms with E-state index in [-0.39, 0.29) is 16.7 Å². The van der Waals surface area contributed by atoms with Gasteiger partial charge in [-0.2, -0.15) is 9.57 Å². The quantitative estimate of drug-likeness (QED) is 0.813. The third kappa shape index (κ3) is 3.76. The first-order chi connectivity index (χ1) is 12.4. The molecule has 0 N–H and O–H groups in total. The van der Waals surface area contributed by atoms with E-state index in [9.17, 15) is 13.2 Å². The average Bonchev–Trinajstić information content (AvgIpc) is 2.68. The molecule has 2 aliphatic rings. The summed E-state index contributed by atoms with van der Waals surface area (Å²) in [7, 11) is -3.56. The Kier molecular flexibility index (Phi) is 5.64. The molecule has 2 fully saturated rings. The average molecular weight is 375 g/mol. The molecule has 3 rings (SSSR count). The molecule has 6 nitrogen and oxygen atoms in total. The predicted octanol–water partition coefficient (Wildman–Crippen LogP) is 2.55. The van der Waals surface area contributed by atoms with E-state index in [4.69, 9.17) is 5.26 Å². The van der Waals surface area contributed by atoms with Crippen LogP contribution in [0.2, 0.25) is 0 Å². The van der Waals surface area contributed by atoms with Crippen LogP contribution < -0.4 is 0 Å². The van der Waals surface area contributed by atoms with Crippen molar-refractivity contribution in [3.8, 4) is 6.07 Å². The summed E-state index contributed by atoms with van der Waals surface area (Å²) in [5, 5.41) is 9.00. The van der Waals surface area contributed by atoms with Crippen molar-refractivity contribution in [1.29, 1.82) is 5.26 Å². The minimum Gasteiger partial charge on any atom is -0.339 e. The summed E-state index contributed by atoms with van der Waals surface area (Å²) >= 11 is 0. The van der Waals surface area contributed by atoms with Gasteiger partial charge in [-0.15, -0.1) is 0 Å². The minimum atomic E-state index is -3.56. The zero-order valence-corrected chi connectivity index (χ0v) is 16.0. The fraction of sp³-hybridized carbons (Fsp3) is 0.579. The molecule has 0 bridgehead atoms. The van der Waals surface area contributed by atoms with Gasteiger partial charge in [-0.25, -0.2) is 8.42 Å².